The Balaban J connectivity index is 2.17. The molecule has 3 heteroatoms. The zero-order valence-corrected chi connectivity index (χ0v) is 10.5. The van der Waals surface area contributed by atoms with E-state index in [2.05, 4.69) is 22.8 Å². The number of aromatic nitrogens is 1. The van der Waals surface area contributed by atoms with Crippen LogP contribution in [0.1, 0.15) is 15.9 Å². The van der Waals surface area contributed by atoms with Crippen LogP contribution in [-0.4, -0.2) is 15.6 Å². The van der Waals surface area contributed by atoms with E-state index in [0.29, 0.717) is 5.56 Å². The summed E-state index contributed by atoms with van der Waals surface area (Å²) in [4.78, 5) is 11.0. The first-order valence-electron chi connectivity index (χ1n) is 6.07. The number of aromatic carboxylic acids is 1. The third kappa shape index (κ3) is 1.89. The molecule has 0 atom stereocenters. The van der Waals surface area contributed by atoms with E-state index in [1.807, 2.05) is 37.4 Å². The minimum atomic E-state index is -0.888. The van der Waals surface area contributed by atoms with Crippen molar-refractivity contribution in [3.8, 4) is 5.69 Å². The van der Waals surface area contributed by atoms with Crippen LogP contribution >= 0.6 is 0 Å². The molecule has 0 spiro atoms. The lowest BCUT2D eigenvalue weighted by molar-refractivity contribution is 0.0696. The first-order valence-corrected chi connectivity index (χ1v) is 6.07. The highest BCUT2D eigenvalue weighted by atomic mass is 16.4. The van der Waals surface area contributed by atoms with Gasteiger partial charge in [-0.15, -0.1) is 0 Å². The Morgan fingerprint density at radius 1 is 1.11 bits per heavy atom. The van der Waals surface area contributed by atoms with Crippen molar-refractivity contribution in [1.29, 1.82) is 0 Å². The fourth-order valence-corrected chi connectivity index (χ4v) is 2.35. The summed E-state index contributed by atoms with van der Waals surface area (Å²) in [6.07, 6.45) is 2.00. The van der Waals surface area contributed by atoms with Crippen molar-refractivity contribution >= 4 is 16.9 Å². The molecule has 3 aromatic rings. The first-order chi connectivity index (χ1) is 9.16. The van der Waals surface area contributed by atoms with Crippen molar-refractivity contribution in [3.05, 3.63) is 65.9 Å². The Bertz CT molecular complexity index is 771. The van der Waals surface area contributed by atoms with E-state index in [1.54, 1.807) is 6.07 Å². The highest BCUT2D eigenvalue weighted by molar-refractivity contribution is 5.90. The minimum Gasteiger partial charge on any atom is -0.478 e. The molecule has 0 radical (unpaired) electrons. The summed E-state index contributed by atoms with van der Waals surface area (Å²) >= 11 is 0. The van der Waals surface area contributed by atoms with Crippen LogP contribution in [0.5, 0.6) is 0 Å². The Morgan fingerprint density at radius 2 is 1.89 bits per heavy atom. The van der Waals surface area contributed by atoms with Crippen LogP contribution in [-0.2, 0) is 0 Å². The van der Waals surface area contributed by atoms with Gasteiger partial charge in [0.05, 0.1) is 11.1 Å². The number of rotatable bonds is 2. The van der Waals surface area contributed by atoms with Crippen LogP contribution in [0.4, 0.5) is 0 Å². The molecule has 0 unspecified atom stereocenters. The normalized spacial score (nSPS) is 10.8. The summed E-state index contributed by atoms with van der Waals surface area (Å²) in [6, 6.07) is 15.6. The lowest BCUT2D eigenvalue weighted by Crippen LogP contribution is -2.01. The number of hydrogen-bond donors (Lipinski definition) is 1. The fraction of sp³-hybridized carbons (Fsp3) is 0.0625. The van der Waals surface area contributed by atoms with Gasteiger partial charge in [0.15, 0.2) is 0 Å². The molecule has 1 N–H and O–H groups in total. The van der Waals surface area contributed by atoms with Gasteiger partial charge in [0.25, 0.3) is 0 Å². The third-order valence-electron chi connectivity index (χ3n) is 3.32. The second kappa shape index (κ2) is 4.28. The number of fused-ring (bicyclic) bond motifs is 1. The fourth-order valence-electron chi connectivity index (χ4n) is 2.35. The molecule has 0 amide bonds. The topological polar surface area (TPSA) is 42.2 Å². The number of para-hydroxylation sites is 1. The van der Waals surface area contributed by atoms with Gasteiger partial charge < -0.3 is 9.67 Å². The molecule has 0 aliphatic carbocycles. The highest BCUT2D eigenvalue weighted by Gasteiger charge is 2.09. The third-order valence-corrected chi connectivity index (χ3v) is 3.32. The molecule has 0 fully saturated rings. The van der Waals surface area contributed by atoms with Gasteiger partial charge >= 0.3 is 5.97 Å². The summed E-state index contributed by atoms with van der Waals surface area (Å²) in [5.74, 6) is -0.888. The van der Waals surface area contributed by atoms with Crippen LogP contribution in [0.15, 0.2) is 54.7 Å². The number of nitrogens with zero attached hydrogens (tertiary/aromatic N) is 1. The van der Waals surface area contributed by atoms with Gasteiger partial charge in [-0.25, -0.2) is 4.79 Å². The average Bonchev–Trinajstić information content (AvgIpc) is 2.82. The monoisotopic (exact) mass is 251 g/mol. The van der Waals surface area contributed by atoms with Gasteiger partial charge in [0.2, 0.25) is 0 Å². The van der Waals surface area contributed by atoms with E-state index >= 15 is 0 Å². The van der Waals surface area contributed by atoms with Crippen LogP contribution in [0, 0.1) is 6.92 Å². The summed E-state index contributed by atoms with van der Waals surface area (Å²) in [5, 5.41) is 10.2. The summed E-state index contributed by atoms with van der Waals surface area (Å²) < 4.78 is 2.06. The Labute approximate surface area is 110 Å². The van der Waals surface area contributed by atoms with Crippen molar-refractivity contribution < 1.29 is 9.90 Å². The predicted molar refractivity (Wildman–Crippen MR) is 75.0 cm³/mol. The van der Waals surface area contributed by atoms with Crippen LogP contribution < -0.4 is 0 Å². The van der Waals surface area contributed by atoms with Crippen molar-refractivity contribution in [2.75, 3.05) is 0 Å². The minimum absolute atomic E-state index is 0.347. The van der Waals surface area contributed by atoms with Crippen molar-refractivity contribution in [2.45, 2.75) is 6.92 Å². The predicted octanol–water partition coefficient (Wildman–Crippen LogP) is 3.64. The standard InChI is InChI=1S/C16H13NO2/c1-11-10-13(6-7-14(11)16(18)19)17-9-8-12-4-2-3-5-15(12)17/h2-10H,1H3,(H,18,19). The van der Waals surface area contributed by atoms with Crippen LogP contribution in [0.25, 0.3) is 16.6 Å². The molecule has 0 bridgehead atoms. The number of aryl methyl sites for hydroxylation is 1. The second-order valence-corrected chi connectivity index (χ2v) is 4.55. The number of carboxylic acid groups (broad SMARTS) is 1. The zero-order valence-electron chi connectivity index (χ0n) is 10.5. The number of hydrogen-bond acceptors (Lipinski definition) is 1. The number of carbonyl (C=O) groups is 1. The van der Waals surface area contributed by atoms with E-state index < -0.39 is 5.97 Å². The quantitative estimate of drug-likeness (QED) is 0.755. The van der Waals surface area contributed by atoms with Gasteiger partial charge in [0.1, 0.15) is 0 Å². The van der Waals surface area contributed by atoms with Crippen LogP contribution in [0.2, 0.25) is 0 Å². The number of benzene rings is 2. The van der Waals surface area contributed by atoms with E-state index in [9.17, 15) is 4.79 Å². The maximum Gasteiger partial charge on any atom is 0.335 e. The Morgan fingerprint density at radius 3 is 2.63 bits per heavy atom. The molecular weight excluding hydrogens is 238 g/mol. The smallest absolute Gasteiger partial charge is 0.335 e. The molecule has 2 aromatic carbocycles. The largest absolute Gasteiger partial charge is 0.478 e. The van der Waals surface area contributed by atoms with Crippen LogP contribution in [0.3, 0.4) is 0 Å². The van der Waals surface area contributed by atoms with Gasteiger partial charge in [-0.1, -0.05) is 18.2 Å². The van der Waals surface area contributed by atoms with Crippen molar-refractivity contribution in [1.82, 2.24) is 4.57 Å². The summed E-state index contributed by atoms with van der Waals surface area (Å²) in [5.41, 5.74) is 3.21. The van der Waals surface area contributed by atoms with Gasteiger partial charge in [-0.05, 0) is 48.2 Å². The average molecular weight is 251 g/mol. The van der Waals surface area contributed by atoms with E-state index in [4.69, 9.17) is 5.11 Å². The van der Waals surface area contributed by atoms with E-state index in [-0.39, 0.29) is 0 Å². The Hall–Kier alpha value is -2.55. The molecule has 1 heterocycles. The maximum atomic E-state index is 11.0. The molecule has 0 saturated carbocycles. The molecule has 1 aromatic heterocycles. The van der Waals surface area contributed by atoms with Gasteiger partial charge in [-0.3, -0.25) is 0 Å². The first kappa shape index (κ1) is 11.5. The van der Waals surface area contributed by atoms with E-state index in [1.165, 1.54) is 5.39 Å². The van der Waals surface area contributed by atoms with E-state index in [0.717, 1.165) is 16.8 Å². The molecule has 3 nitrogen and oxygen atoms in total. The molecule has 0 aliphatic rings. The van der Waals surface area contributed by atoms with Crippen molar-refractivity contribution in [2.24, 2.45) is 0 Å². The second-order valence-electron chi connectivity index (χ2n) is 4.55. The lowest BCUT2D eigenvalue weighted by Gasteiger charge is -2.08. The zero-order chi connectivity index (χ0) is 13.4. The summed E-state index contributed by atoms with van der Waals surface area (Å²) in [7, 11) is 0. The van der Waals surface area contributed by atoms with Gasteiger partial charge in [-0.2, -0.15) is 0 Å². The SMILES string of the molecule is Cc1cc(-n2ccc3ccccc32)ccc1C(=O)O. The van der Waals surface area contributed by atoms with Gasteiger partial charge in [0, 0.05) is 11.9 Å². The number of carboxylic acids is 1. The highest BCUT2D eigenvalue weighted by Crippen LogP contribution is 2.22. The molecular formula is C16H13NO2. The summed E-state index contributed by atoms with van der Waals surface area (Å²) in [6.45, 7) is 1.82. The molecule has 0 aliphatic heterocycles. The molecule has 3 rings (SSSR count). The van der Waals surface area contributed by atoms with Crippen molar-refractivity contribution in [3.63, 3.8) is 0 Å². The molecule has 0 saturated heterocycles. The Kier molecular flexibility index (Phi) is 2.60. The maximum absolute atomic E-state index is 11.0. The molecule has 94 valence electrons. The lowest BCUT2D eigenvalue weighted by atomic mass is 10.1. The molecule has 19 heavy (non-hydrogen) atoms.